The van der Waals surface area contributed by atoms with Crippen molar-refractivity contribution in [1.82, 2.24) is 15.5 Å². The van der Waals surface area contributed by atoms with Crippen LogP contribution in [0.1, 0.15) is 39.2 Å². The second-order valence-corrected chi connectivity index (χ2v) is 6.92. The maximum Gasteiger partial charge on any atom is 0.191 e. The standard InChI is InChI=1S/C20H34N4O.HI/c1-5-21-20(23-18-10-13-24(14-11-18)16(2)3)22-12-15-25-19-9-7-6-8-17(19)4;/h6-9,16,18H,5,10-15H2,1-4H3,(H2,21,22,23);1H. The number of piperidine rings is 1. The molecule has 2 N–H and O–H groups in total. The molecule has 0 bridgehead atoms. The summed E-state index contributed by atoms with van der Waals surface area (Å²) < 4.78 is 5.83. The molecule has 1 fully saturated rings. The van der Waals surface area contributed by atoms with E-state index in [1.165, 1.54) is 12.8 Å². The lowest BCUT2D eigenvalue weighted by atomic mass is 10.0. The second-order valence-electron chi connectivity index (χ2n) is 6.92. The number of nitrogens with one attached hydrogen (secondary N) is 2. The van der Waals surface area contributed by atoms with Gasteiger partial charge in [-0.1, -0.05) is 18.2 Å². The maximum absolute atomic E-state index is 5.83. The highest BCUT2D eigenvalue weighted by Gasteiger charge is 2.21. The van der Waals surface area contributed by atoms with E-state index in [9.17, 15) is 0 Å². The molecule has 0 amide bonds. The van der Waals surface area contributed by atoms with Gasteiger partial charge in [0.05, 0.1) is 6.54 Å². The first kappa shape index (κ1) is 23.0. The molecule has 1 saturated heterocycles. The molecule has 1 heterocycles. The number of hydrogen-bond donors (Lipinski definition) is 2. The van der Waals surface area contributed by atoms with E-state index in [1.54, 1.807) is 0 Å². The summed E-state index contributed by atoms with van der Waals surface area (Å²) in [6.45, 7) is 13.1. The van der Waals surface area contributed by atoms with Crippen molar-refractivity contribution in [2.24, 2.45) is 4.99 Å². The van der Waals surface area contributed by atoms with Gasteiger partial charge in [0.15, 0.2) is 5.96 Å². The summed E-state index contributed by atoms with van der Waals surface area (Å²) >= 11 is 0. The molecule has 6 heteroatoms. The zero-order valence-corrected chi connectivity index (χ0v) is 19.0. The van der Waals surface area contributed by atoms with Crippen molar-refractivity contribution in [3.63, 3.8) is 0 Å². The Labute approximate surface area is 176 Å². The van der Waals surface area contributed by atoms with Crippen LogP contribution in [0.4, 0.5) is 0 Å². The third kappa shape index (κ3) is 7.70. The van der Waals surface area contributed by atoms with Gasteiger partial charge in [-0.25, -0.2) is 4.99 Å². The molecule has 1 aromatic rings. The van der Waals surface area contributed by atoms with Crippen LogP contribution in [0.2, 0.25) is 0 Å². The molecule has 1 aliphatic heterocycles. The summed E-state index contributed by atoms with van der Waals surface area (Å²) in [7, 11) is 0. The smallest absolute Gasteiger partial charge is 0.191 e. The summed E-state index contributed by atoms with van der Waals surface area (Å²) in [5.74, 6) is 1.84. The van der Waals surface area contributed by atoms with Crippen molar-refractivity contribution in [2.75, 3.05) is 32.8 Å². The number of ether oxygens (including phenoxy) is 1. The fourth-order valence-corrected chi connectivity index (χ4v) is 3.10. The van der Waals surface area contributed by atoms with Crippen molar-refractivity contribution < 1.29 is 4.74 Å². The van der Waals surface area contributed by atoms with E-state index in [2.05, 4.69) is 54.3 Å². The Bertz CT molecular complexity index is 542. The van der Waals surface area contributed by atoms with E-state index in [0.717, 1.165) is 36.9 Å². The summed E-state index contributed by atoms with van der Waals surface area (Å²) in [6.07, 6.45) is 2.34. The van der Waals surface area contributed by atoms with Crippen LogP contribution in [0.3, 0.4) is 0 Å². The lowest BCUT2D eigenvalue weighted by molar-refractivity contribution is 0.167. The molecule has 0 aliphatic carbocycles. The number of aryl methyl sites for hydroxylation is 1. The maximum atomic E-state index is 5.83. The average Bonchev–Trinajstić information content (AvgIpc) is 2.60. The number of aliphatic imine (C=N–C) groups is 1. The molecule has 0 aromatic heterocycles. The number of benzene rings is 1. The van der Waals surface area contributed by atoms with E-state index >= 15 is 0 Å². The molecule has 0 atom stereocenters. The van der Waals surface area contributed by atoms with Crippen LogP contribution >= 0.6 is 24.0 Å². The minimum Gasteiger partial charge on any atom is -0.491 e. The Kier molecular flexibility index (Phi) is 11.0. The molecular formula is C20H35IN4O. The molecule has 2 rings (SSSR count). The monoisotopic (exact) mass is 474 g/mol. The Morgan fingerprint density at radius 2 is 1.96 bits per heavy atom. The molecule has 1 aromatic carbocycles. The van der Waals surface area contributed by atoms with Gasteiger partial charge >= 0.3 is 0 Å². The van der Waals surface area contributed by atoms with E-state index in [-0.39, 0.29) is 24.0 Å². The third-order valence-corrected chi connectivity index (χ3v) is 4.66. The van der Waals surface area contributed by atoms with Crippen LogP contribution in [0.15, 0.2) is 29.3 Å². The zero-order valence-electron chi connectivity index (χ0n) is 16.6. The first-order chi connectivity index (χ1) is 12.1. The van der Waals surface area contributed by atoms with E-state index in [0.29, 0.717) is 25.2 Å². The summed E-state index contributed by atoms with van der Waals surface area (Å²) in [5, 5.41) is 6.93. The number of para-hydroxylation sites is 1. The molecule has 148 valence electrons. The molecular weight excluding hydrogens is 439 g/mol. The highest BCUT2D eigenvalue weighted by atomic mass is 127. The van der Waals surface area contributed by atoms with Gasteiger partial charge < -0.3 is 20.3 Å². The Hall–Kier alpha value is -1.02. The van der Waals surface area contributed by atoms with Gasteiger partial charge in [0.25, 0.3) is 0 Å². The first-order valence-corrected chi connectivity index (χ1v) is 9.57. The molecule has 1 aliphatic rings. The van der Waals surface area contributed by atoms with Crippen LogP contribution in [-0.4, -0.2) is 55.7 Å². The fourth-order valence-electron chi connectivity index (χ4n) is 3.10. The number of guanidine groups is 1. The fraction of sp³-hybridized carbons (Fsp3) is 0.650. The molecule has 0 saturated carbocycles. The summed E-state index contributed by atoms with van der Waals surface area (Å²) in [4.78, 5) is 7.20. The van der Waals surface area contributed by atoms with Gasteiger partial charge in [-0.2, -0.15) is 0 Å². The summed E-state index contributed by atoms with van der Waals surface area (Å²) in [6, 6.07) is 9.24. The normalized spacial score (nSPS) is 16.3. The topological polar surface area (TPSA) is 48.9 Å². The Balaban J connectivity index is 0.00000338. The molecule has 26 heavy (non-hydrogen) atoms. The molecule has 0 spiro atoms. The second kappa shape index (κ2) is 12.4. The largest absolute Gasteiger partial charge is 0.491 e. The molecule has 0 radical (unpaired) electrons. The number of hydrogen-bond acceptors (Lipinski definition) is 3. The van der Waals surface area contributed by atoms with Crippen LogP contribution < -0.4 is 15.4 Å². The lowest BCUT2D eigenvalue weighted by Gasteiger charge is -2.35. The number of nitrogens with zero attached hydrogens (tertiary/aromatic N) is 2. The molecule has 5 nitrogen and oxygen atoms in total. The number of likely N-dealkylation sites (tertiary alicyclic amines) is 1. The van der Waals surface area contributed by atoms with Crippen molar-refractivity contribution >= 4 is 29.9 Å². The molecule has 0 unspecified atom stereocenters. The van der Waals surface area contributed by atoms with Crippen LogP contribution in [-0.2, 0) is 0 Å². The van der Waals surface area contributed by atoms with E-state index < -0.39 is 0 Å². The minimum atomic E-state index is 0. The highest BCUT2D eigenvalue weighted by Crippen LogP contribution is 2.16. The van der Waals surface area contributed by atoms with Gasteiger partial charge in [-0.15, -0.1) is 24.0 Å². The van der Waals surface area contributed by atoms with Gasteiger partial charge in [-0.05, 0) is 52.2 Å². The van der Waals surface area contributed by atoms with Crippen molar-refractivity contribution in [1.29, 1.82) is 0 Å². The van der Waals surface area contributed by atoms with Crippen LogP contribution in [0.5, 0.6) is 5.75 Å². The van der Waals surface area contributed by atoms with E-state index in [4.69, 9.17) is 4.74 Å². The highest BCUT2D eigenvalue weighted by molar-refractivity contribution is 14.0. The number of halogens is 1. The van der Waals surface area contributed by atoms with Gasteiger partial charge in [0.1, 0.15) is 12.4 Å². The van der Waals surface area contributed by atoms with Crippen LogP contribution in [0, 0.1) is 6.92 Å². The minimum absolute atomic E-state index is 0. The SMILES string of the molecule is CCNC(=NCCOc1ccccc1C)NC1CCN(C(C)C)CC1.I. The predicted octanol–water partition coefficient (Wildman–Crippen LogP) is 3.42. The average molecular weight is 474 g/mol. The van der Waals surface area contributed by atoms with Gasteiger partial charge in [-0.3, -0.25) is 0 Å². The third-order valence-electron chi connectivity index (χ3n) is 4.66. The van der Waals surface area contributed by atoms with Gasteiger partial charge in [0.2, 0.25) is 0 Å². The zero-order chi connectivity index (χ0) is 18.1. The van der Waals surface area contributed by atoms with Crippen LogP contribution in [0.25, 0.3) is 0 Å². The predicted molar refractivity (Wildman–Crippen MR) is 121 cm³/mol. The lowest BCUT2D eigenvalue weighted by Crippen LogP contribution is -2.50. The Morgan fingerprint density at radius 3 is 2.58 bits per heavy atom. The van der Waals surface area contributed by atoms with E-state index in [1.807, 2.05) is 18.2 Å². The first-order valence-electron chi connectivity index (χ1n) is 9.57. The van der Waals surface area contributed by atoms with Crippen molar-refractivity contribution in [2.45, 2.75) is 52.6 Å². The van der Waals surface area contributed by atoms with Crippen molar-refractivity contribution in [3.05, 3.63) is 29.8 Å². The van der Waals surface area contributed by atoms with Crippen molar-refractivity contribution in [3.8, 4) is 5.75 Å². The number of rotatable bonds is 7. The van der Waals surface area contributed by atoms with Gasteiger partial charge in [0, 0.05) is 31.7 Å². The Morgan fingerprint density at radius 1 is 1.27 bits per heavy atom. The summed E-state index contributed by atoms with van der Waals surface area (Å²) in [5.41, 5.74) is 1.16. The quantitative estimate of drug-likeness (QED) is 0.275.